The average Bonchev–Trinajstić information content (AvgIpc) is 2.24. The third-order valence-corrected chi connectivity index (χ3v) is 2.21. The van der Waals surface area contributed by atoms with E-state index >= 15 is 0 Å². The molecule has 2 N–H and O–H groups in total. The van der Waals surface area contributed by atoms with Gasteiger partial charge in [-0.3, -0.25) is 9.59 Å². The molecule has 0 spiro atoms. The van der Waals surface area contributed by atoms with Crippen LogP contribution in [0.3, 0.4) is 0 Å². The highest BCUT2D eigenvalue weighted by atomic mass is 16.5. The number of carbonyl (C=O) groups is 2. The van der Waals surface area contributed by atoms with Crippen LogP contribution in [0.1, 0.15) is 33.1 Å². The minimum absolute atomic E-state index is 0.157. The fourth-order valence-electron chi connectivity index (χ4n) is 1.30. The molecule has 0 saturated heterocycles. The van der Waals surface area contributed by atoms with Crippen LogP contribution in [0.15, 0.2) is 0 Å². The normalized spacial score (nSPS) is 12.1. The highest BCUT2D eigenvalue weighted by Crippen LogP contribution is 2.04. The molecule has 16 heavy (non-hydrogen) atoms. The lowest BCUT2D eigenvalue weighted by Crippen LogP contribution is -2.33. The predicted octanol–water partition coefficient (Wildman–Crippen LogP) is 1.03. The van der Waals surface area contributed by atoms with Gasteiger partial charge in [-0.15, -0.1) is 0 Å². The van der Waals surface area contributed by atoms with Crippen LogP contribution in [0.25, 0.3) is 0 Å². The lowest BCUT2D eigenvalue weighted by molar-refractivity contribution is -0.141. The molecule has 0 aromatic carbocycles. The second-order valence-corrected chi connectivity index (χ2v) is 3.57. The van der Waals surface area contributed by atoms with Crippen LogP contribution in [0.5, 0.6) is 0 Å². The standard InChI is InChI=1S/C11H21NO4/c1-3-5-9(11(14)15)8-12-10(13)6-7-16-4-2/h9H,3-8H2,1-2H3,(H,12,13)(H,14,15). The molecule has 0 saturated carbocycles. The van der Waals surface area contributed by atoms with Crippen molar-refractivity contribution in [3.63, 3.8) is 0 Å². The summed E-state index contributed by atoms with van der Waals surface area (Å²) >= 11 is 0. The predicted molar refractivity (Wildman–Crippen MR) is 60.2 cm³/mol. The van der Waals surface area contributed by atoms with Crippen molar-refractivity contribution < 1.29 is 19.4 Å². The molecule has 1 unspecified atom stereocenters. The van der Waals surface area contributed by atoms with Crippen LogP contribution >= 0.6 is 0 Å². The van der Waals surface area contributed by atoms with Gasteiger partial charge in [-0.25, -0.2) is 0 Å². The highest BCUT2D eigenvalue weighted by Gasteiger charge is 2.16. The summed E-state index contributed by atoms with van der Waals surface area (Å²) in [6.07, 6.45) is 1.67. The summed E-state index contributed by atoms with van der Waals surface area (Å²) in [7, 11) is 0. The minimum atomic E-state index is -0.855. The SMILES string of the molecule is CCCC(CNC(=O)CCOCC)C(=O)O. The first-order valence-electron chi connectivity index (χ1n) is 5.69. The molecule has 0 aromatic rings. The number of hydrogen-bond donors (Lipinski definition) is 2. The Morgan fingerprint density at radius 2 is 2.06 bits per heavy atom. The van der Waals surface area contributed by atoms with Gasteiger partial charge in [0.1, 0.15) is 0 Å². The summed E-state index contributed by atoms with van der Waals surface area (Å²) in [6, 6.07) is 0. The Kier molecular flexibility index (Phi) is 8.52. The van der Waals surface area contributed by atoms with Crippen molar-refractivity contribution in [3.8, 4) is 0 Å². The van der Waals surface area contributed by atoms with Gasteiger partial charge in [0.2, 0.25) is 5.91 Å². The van der Waals surface area contributed by atoms with Crippen molar-refractivity contribution in [1.82, 2.24) is 5.32 Å². The largest absolute Gasteiger partial charge is 0.481 e. The maximum atomic E-state index is 11.3. The van der Waals surface area contributed by atoms with E-state index in [4.69, 9.17) is 9.84 Å². The lowest BCUT2D eigenvalue weighted by atomic mass is 10.0. The Balaban J connectivity index is 3.74. The summed E-state index contributed by atoms with van der Waals surface area (Å²) in [5, 5.41) is 11.5. The van der Waals surface area contributed by atoms with Gasteiger partial charge < -0.3 is 15.2 Å². The minimum Gasteiger partial charge on any atom is -0.481 e. The van der Waals surface area contributed by atoms with Crippen molar-refractivity contribution in [2.45, 2.75) is 33.1 Å². The molecule has 1 amide bonds. The molecule has 5 nitrogen and oxygen atoms in total. The van der Waals surface area contributed by atoms with Gasteiger partial charge >= 0.3 is 5.97 Å². The van der Waals surface area contributed by atoms with E-state index in [1.807, 2.05) is 13.8 Å². The lowest BCUT2D eigenvalue weighted by Gasteiger charge is -2.12. The van der Waals surface area contributed by atoms with Gasteiger partial charge in [0.15, 0.2) is 0 Å². The zero-order chi connectivity index (χ0) is 12.4. The average molecular weight is 231 g/mol. The molecule has 0 radical (unpaired) electrons. The van der Waals surface area contributed by atoms with Gasteiger partial charge in [0.05, 0.1) is 12.5 Å². The molecule has 0 fully saturated rings. The summed E-state index contributed by atoms with van der Waals surface area (Å²) < 4.78 is 5.03. The molecule has 5 heteroatoms. The fourth-order valence-corrected chi connectivity index (χ4v) is 1.30. The number of ether oxygens (including phenoxy) is 1. The Hall–Kier alpha value is -1.10. The second-order valence-electron chi connectivity index (χ2n) is 3.57. The van der Waals surface area contributed by atoms with E-state index in [-0.39, 0.29) is 18.9 Å². The van der Waals surface area contributed by atoms with E-state index in [1.165, 1.54) is 0 Å². The number of hydrogen-bond acceptors (Lipinski definition) is 3. The Labute approximate surface area is 96.2 Å². The third-order valence-electron chi connectivity index (χ3n) is 2.21. The van der Waals surface area contributed by atoms with Gasteiger partial charge in [0, 0.05) is 19.6 Å². The van der Waals surface area contributed by atoms with E-state index in [1.54, 1.807) is 0 Å². The molecule has 0 aromatic heterocycles. The summed E-state index contributed by atoms with van der Waals surface area (Å²) in [5.74, 6) is -1.50. The van der Waals surface area contributed by atoms with E-state index in [0.29, 0.717) is 19.6 Å². The van der Waals surface area contributed by atoms with E-state index in [0.717, 1.165) is 6.42 Å². The van der Waals surface area contributed by atoms with Crippen molar-refractivity contribution in [2.75, 3.05) is 19.8 Å². The second kappa shape index (κ2) is 9.15. The van der Waals surface area contributed by atoms with Crippen LogP contribution < -0.4 is 5.32 Å². The van der Waals surface area contributed by atoms with Gasteiger partial charge in [-0.05, 0) is 13.3 Å². The monoisotopic (exact) mass is 231 g/mol. The summed E-state index contributed by atoms with van der Waals surface area (Å²) in [5.41, 5.74) is 0. The van der Waals surface area contributed by atoms with E-state index in [2.05, 4.69) is 5.32 Å². The molecule has 0 bridgehead atoms. The molecule has 0 heterocycles. The fraction of sp³-hybridized carbons (Fsp3) is 0.818. The maximum Gasteiger partial charge on any atom is 0.308 e. The molecule has 94 valence electrons. The Bertz CT molecular complexity index is 218. The van der Waals surface area contributed by atoms with Gasteiger partial charge in [-0.1, -0.05) is 13.3 Å². The number of rotatable bonds is 9. The van der Waals surface area contributed by atoms with E-state index < -0.39 is 11.9 Å². The van der Waals surface area contributed by atoms with Crippen molar-refractivity contribution >= 4 is 11.9 Å². The van der Waals surface area contributed by atoms with Crippen molar-refractivity contribution in [2.24, 2.45) is 5.92 Å². The van der Waals surface area contributed by atoms with Gasteiger partial charge in [-0.2, -0.15) is 0 Å². The van der Waals surface area contributed by atoms with Crippen LogP contribution in [0.4, 0.5) is 0 Å². The number of nitrogens with one attached hydrogen (secondary N) is 1. The summed E-state index contributed by atoms with van der Waals surface area (Å²) in [4.78, 5) is 22.1. The molecule has 0 aliphatic carbocycles. The third kappa shape index (κ3) is 7.23. The van der Waals surface area contributed by atoms with Crippen LogP contribution in [-0.2, 0) is 14.3 Å². The molecule has 0 aliphatic rings. The number of carboxylic acids is 1. The first-order chi connectivity index (χ1) is 7.61. The number of aliphatic carboxylic acids is 1. The Morgan fingerprint density at radius 1 is 1.38 bits per heavy atom. The molecule has 0 rings (SSSR count). The van der Waals surface area contributed by atoms with Gasteiger partial charge in [0.25, 0.3) is 0 Å². The zero-order valence-electron chi connectivity index (χ0n) is 9.99. The maximum absolute atomic E-state index is 11.3. The first kappa shape index (κ1) is 14.9. The molecular weight excluding hydrogens is 210 g/mol. The van der Waals surface area contributed by atoms with Crippen molar-refractivity contribution in [1.29, 1.82) is 0 Å². The first-order valence-corrected chi connectivity index (χ1v) is 5.69. The van der Waals surface area contributed by atoms with Crippen LogP contribution in [-0.4, -0.2) is 36.7 Å². The summed E-state index contributed by atoms with van der Waals surface area (Å²) in [6.45, 7) is 4.95. The van der Waals surface area contributed by atoms with Crippen LogP contribution in [0.2, 0.25) is 0 Å². The van der Waals surface area contributed by atoms with Crippen LogP contribution in [0, 0.1) is 5.92 Å². The zero-order valence-corrected chi connectivity index (χ0v) is 9.99. The Morgan fingerprint density at radius 3 is 2.56 bits per heavy atom. The van der Waals surface area contributed by atoms with Crippen molar-refractivity contribution in [3.05, 3.63) is 0 Å². The number of amides is 1. The number of carbonyl (C=O) groups excluding carboxylic acids is 1. The molecule has 0 aliphatic heterocycles. The smallest absolute Gasteiger partial charge is 0.308 e. The topological polar surface area (TPSA) is 75.6 Å². The number of carboxylic acid groups (broad SMARTS) is 1. The quantitative estimate of drug-likeness (QED) is 0.581. The molecule has 1 atom stereocenters. The highest BCUT2D eigenvalue weighted by molar-refractivity contribution is 5.77. The van der Waals surface area contributed by atoms with E-state index in [9.17, 15) is 9.59 Å². The molecular formula is C11H21NO4.